The zero-order valence-corrected chi connectivity index (χ0v) is 19.0. The number of carbonyl (C=O) groups is 2. The molecule has 2 aliphatic heterocycles. The molecule has 0 aromatic heterocycles. The number of imide groups is 1. The third-order valence-electron chi connectivity index (χ3n) is 6.21. The number of anilines is 1. The van der Waals surface area contributed by atoms with Crippen LogP contribution in [-0.2, 0) is 22.6 Å². The Morgan fingerprint density at radius 2 is 1.59 bits per heavy atom. The highest BCUT2D eigenvalue weighted by molar-refractivity contribution is 6.45. The van der Waals surface area contributed by atoms with E-state index in [-0.39, 0.29) is 0 Å². The molecule has 3 aromatic rings. The van der Waals surface area contributed by atoms with Gasteiger partial charge in [-0.1, -0.05) is 43.3 Å². The van der Waals surface area contributed by atoms with Gasteiger partial charge >= 0.3 is 0 Å². The molecule has 6 heteroatoms. The van der Waals surface area contributed by atoms with Crippen LogP contribution in [0.1, 0.15) is 30.0 Å². The maximum atomic E-state index is 13.7. The van der Waals surface area contributed by atoms with Crippen molar-refractivity contribution in [2.45, 2.75) is 26.3 Å². The highest BCUT2D eigenvalue weighted by atomic mass is 19.1. The minimum Gasteiger partial charge on any atom is -0.494 e. The van der Waals surface area contributed by atoms with Gasteiger partial charge in [0.05, 0.1) is 17.9 Å². The number of amides is 2. The summed E-state index contributed by atoms with van der Waals surface area (Å²) in [6.45, 7) is 3.82. The van der Waals surface area contributed by atoms with E-state index in [2.05, 4.69) is 12.1 Å². The van der Waals surface area contributed by atoms with Crippen molar-refractivity contribution in [3.63, 3.8) is 0 Å². The number of carbonyl (C=O) groups excluding carboxylic acids is 2. The Bertz CT molecular complexity index is 1270. The maximum Gasteiger partial charge on any atom is 0.282 e. The summed E-state index contributed by atoms with van der Waals surface area (Å²) in [4.78, 5) is 30.5. The smallest absolute Gasteiger partial charge is 0.282 e. The van der Waals surface area contributed by atoms with E-state index < -0.39 is 17.6 Å². The molecule has 0 bridgehead atoms. The topological polar surface area (TPSA) is 49.9 Å². The summed E-state index contributed by atoms with van der Waals surface area (Å²) in [5.41, 5.74) is 4.14. The summed E-state index contributed by atoms with van der Waals surface area (Å²) < 4.78 is 19.2. The molecule has 2 amide bonds. The Labute approximate surface area is 198 Å². The molecule has 0 aliphatic carbocycles. The van der Waals surface area contributed by atoms with Crippen molar-refractivity contribution in [3.05, 3.63) is 101 Å². The van der Waals surface area contributed by atoms with E-state index in [4.69, 9.17) is 4.74 Å². The van der Waals surface area contributed by atoms with Crippen LogP contribution in [0.25, 0.3) is 5.57 Å². The molecule has 0 fully saturated rings. The molecule has 3 aromatic carbocycles. The monoisotopic (exact) mass is 456 g/mol. The van der Waals surface area contributed by atoms with Gasteiger partial charge in [0.15, 0.2) is 0 Å². The molecule has 5 nitrogen and oxygen atoms in total. The lowest BCUT2D eigenvalue weighted by Crippen LogP contribution is -2.37. The fraction of sp³-hybridized carbons (Fsp3) is 0.214. The number of rotatable bonds is 6. The molecule has 0 saturated heterocycles. The van der Waals surface area contributed by atoms with Crippen molar-refractivity contribution in [3.8, 4) is 5.75 Å². The van der Waals surface area contributed by atoms with Crippen molar-refractivity contribution in [1.82, 2.24) is 4.90 Å². The van der Waals surface area contributed by atoms with E-state index in [9.17, 15) is 14.0 Å². The normalized spacial score (nSPS) is 15.7. The van der Waals surface area contributed by atoms with Gasteiger partial charge in [-0.2, -0.15) is 0 Å². The van der Waals surface area contributed by atoms with Gasteiger partial charge in [-0.15, -0.1) is 0 Å². The number of ether oxygens (including phenoxy) is 1. The molecule has 5 rings (SSSR count). The molecule has 2 heterocycles. The summed E-state index contributed by atoms with van der Waals surface area (Å²) in [6, 6.07) is 20.9. The van der Waals surface area contributed by atoms with Crippen LogP contribution in [0.3, 0.4) is 0 Å². The first-order chi connectivity index (χ1) is 16.6. The van der Waals surface area contributed by atoms with Crippen molar-refractivity contribution >= 4 is 23.1 Å². The molecule has 2 aliphatic rings. The Morgan fingerprint density at radius 3 is 2.29 bits per heavy atom. The van der Waals surface area contributed by atoms with Crippen LogP contribution >= 0.6 is 0 Å². The molecular weight excluding hydrogens is 431 g/mol. The van der Waals surface area contributed by atoms with E-state index in [0.717, 1.165) is 23.3 Å². The predicted molar refractivity (Wildman–Crippen MR) is 129 cm³/mol. The van der Waals surface area contributed by atoms with Crippen molar-refractivity contribution in [2.75, 3.05) is 18.1 Å². The fourth-order valence-corrected chi connectivity index (χ4v) is 4.52. The number of nitrogens with zero attached hydrogens (tertiary/aromatic N) is 2. The van der Waals surface area contributed by atoms with Crippen LogP contribution < -0.4 is 9.64 Å². The summed E-state index contributed by atoms with van der Waals surface area (Å²) in [7, 11) is 0. The fourth-order valence-electron chi connectivity index (χ4n) is 4.52. The van der Waals surface area contributed by atoms with E-state index >= 15 is 0 Å². The lowest BCUT2D eigenvalue weighted by Gasteiger charge is -2.31. The first-order valence-corrected chi connectivity index (χ1v) is 11.5. The zero-order valence-electron chi connectivity index (χ0n) is 19.0. The van der Waals surface area contributed by atoms with E-state index in [1.54, 1.807) is 0 Å². The second-order valence-electron chi connectivity index (χ2n) is 8.46. The Morgan fingerprint density at radius 1 is 0.882 bits per heavy atom. The molecule has 0 saturated carbocycles. The molecular formula is C28H25FN2O3. The Kier molecular flexibility index (Phi) is 5.88. The molecule has 0 N–H and O–H groups in total. The van der Waals surface area contributed by atoms with Gasteiger partial charge in [0.25, 0.3) is 11.8 Å². The minimum atomic E-state index is -0.424. The summed E-state index contributed by atoms with van der Waals surface area (Å²) in [6.07, 6.45) is 1.68. The Hall–Kier alpha value is -3.93. The quantitative estimate of drug-likeness (QED) is 0.492. The number of hydrogen-bond acceptors (Lipinski definition) is 4. The average molecular weight is 457 g/mol. The molecule has 0 unspecified atom stereocenters. The predicted octanol–water partition coefficient (Wildman–Crippen LogP) is 4.96. The van der Waals surface area contributed by atoms with Gasteiger partial charge in [-0.25, -0.2) is 9.29 Å². The Balaban J connectivity index is 1.56. The van der Waals surface area contributed by atoms with Gasteiger partial charge in [0, 0.05) is 13.1 Å². The summed E-state index contributed by atoms with van der Waals surface area (Å²) >= 11 is 0. The first kappa shape index (κ1) is 21.9. The third-order valence-corrected chi connectivity index (χ3v) is 6.21. The van der Waals surface area contributed by atoms with Crippen LogP contribution in [0.5, 0.6) is 5.75 Å². The lowest BCUT2D eigenvalue weighted by molar-refractivity contribution is -0.120. The van der Waals surface area contributed by atoms with E-state index in [1.807, 2.05) is 48.2 Å². The van der Waals surface area contributed by atoms with Crippen LogP contribution in [0.4, 0.5) is 10.1 Å². The first-order valence-electron chi connectivity index (χ1n) is 11.5. The molecule has 34 heavy (non-hydrogen) atoms. The second kappa shape index (κ2) is 9.14. The maximum absolute atomic E-state index is 13.7. The van der Waals surface area contributed by atoms with E-state index in [0.29, 0.717) is 48.0 Å². The number of fused-ring (bicyclic) bond motifs is 1. The lowest BCUT2D eigenvalue weighted by atomic mass is 9.98. The summed E-state index contributed by atoms with van der Waals surface area (Å²) in [5, 5.41) is 0. The number of hydrogen-bond donors (Lipinski definition) is 0. The van der Waals surface area contributed by atoms with Crippen molar-refractivity contribution in [1.29, 1.82) is 0 Å². The van der Waals surface area contributed by atoms with Gasteiger partial charge in [-0.3, -0.25) is 9.59 Å². The van der Waals surface area contributed by atoms with Gasteiger partial charge in [0.2, 0.25) is 0 Å². The van der Waals surface area contributed by atoms with Crippen molar-refractivity contribution in [2.24, 2.45) is 0 Å². The molecule has 0 radical (unpaired) electrons. The van der Waals surface area contributed by atoms with Gasteiger partial charge in [-0.05, 0) is 65.9 Å². The van der Waals surface area contributed by atoms with Crippen LogP contribution in [0.15, 0.2) is 78.5 Å². The van der Waals surface area contributed by atoms with E-state index in [1.165, 1.54) is 29.8 Å². The van der Waals surface area contributed by atoms with Crippen LogP contribution in [0.2, 0.25) is 0 Å². The molecule has 0 spiro atoms. The number of benzene rings is 3. The third kappa shape index (κ3) is 3.96. The van der Waals surface area contributed by atoms with Gasteiger partial charge < -0.3 is 9.64 Å². The molecule has 172 valence electrons. The standard InChI is InChI=1S/C28H25FN2O3/c1-2-17-34-24-13-7-20(8-14-24)25-26(30-16-15-19-5-3-4-6-21(19)18-30)28(33)31(27(25)32)23-11-9-22(29)10-12-23/h3-14H,2,15-18H2,1H3. The number of halogens is 1. The van der Waals surface area contributed by atoms with Crippen molar-refractivity contribution < 1.29 is 18.7 Å². The highest BCUT2D eigenvalue weighted by Crippen LogP contribution is 2.37. The second-order valence-corrected chi connectivity index (χ2v) is 8.46. The molecule has 0 atom stereocenters. The minimum absolute atomic E-state index is 0.351. The summed E-state index contributed by atoms with van der Waals surface area (Å²) in [5.74, 6) is -0.511. The van der Waals surface area contributed by atoms with Gasteiger partial charge in [0.1, 0.15) is 17.3 Å². The van der Waals surface area contributed by atoms with Crippen LogP contribution in [-0.4, -0.2) is 29.9 Å². The van der Waals surface area contributed by atoms with Crippen LogP contribution in [0, 0.1) is 5.82 Å². The average Bonchev–Trinajstić information content (AvgIpc) is 3.13. The highest BCUT2D eigenvalue weighted by Gasteiger charge is 2.43. The SMILES string of the molecule is CCCOc1ccc(C2=C(N3CCc4ccccc4C3)C(=O)N(c3ccc(F)cc3)C2=O)cc1. The zero-order chi connectivity index (χ0) is 23.7. The largest absolute Gasteiger partial charge is 0.494 e.